The van der Waals surface area contributed by atoms with E-state index in [0.717, 1.165) is 22.4 Å². The summed E-state index contributed by atoms with van der Waals surface area (Å²) in [5.74, 6) is 0.173. The standard InChI is InChI=1S/C21H17NO/c23-20-15-21(16-9-3-1-4-10-16,17-11-5-2-6-12-17)22-19-14-8-7-13-18(19)20/h1-14,22H,15H2. The van der Waals surface area contributed by atoms with Crippen molar-refractivity contribution in [2.24, 2.45) is 0 Å². The monoisotopic (exact) mass is 299 g/mol. The topological polar surface area (TPSA) is 29.1 Å². The molecule has 0 atom stereocenters. The molecule has 0 radical (unpaired) electrons. The van der Waals surface area contributed by atoms with Crippen molar-refractivity contribution >= 4 is 11.5 Å². The van der Waals surface area contributed by atoms with Crippen molar-refractivity contribution in [1.29, 1.82) is 0 Å². The molecule has 0 saturated heterocycles. The number of anilines is 1. The van der Waals surface area contributed by atoms with Gasteiger partial charge in [0.15, 0.2) is 5.78 Å². The Kier molecular flexibility index (Phi) is 3.23. The van der Waals surface area contributed by atoms with E-state index in [1.54, 1.807) is 0 Å². The third-order valence-electron chi connectivity index (χ3n) is 4.53. The highest BCUT2D eigenvalue weighted by atomic mass is 16.1. The number of hydrogen-bond acceptors (Lipinski definition) is 2. The van der Waals surface area contributed by atoms with Crippen molar-refractivity contribution in [3.05, 3.63) is 102 Å². The van der Waals surface area contributed by atoms with E-state index in [4.69, 9.17) is 0 Å². The molecule has 112 valence electrons. The second-order valence-electron chi connectivity index (χ2n) is 5.91. The van der Waals surface area contributed by atoms with Gasteiger partial charge in [0, 0.05) is 17.7 Å². The molecule has 1 N–H and O–H groups in total. The Hall–Kier alpha value is -2.87. The molecule has 0 saturated carbocycles. The number of benzene rings is 3. The van der Waals surface area contributed by atoms with Crippen molar-refractivity contribution in [1.82, 2.24) is 0 Å². The quantitative estimate of drug-likeness (QED) is 0.747. The largest absolute Gasteiger partial charge is 0.371 e. The fraction of sp³-hybridized carbons (Fsp3) is 0.0952. The Balaban J connectivity index is 1.94. The van der Waals surface area contributed by atoms with E-state index in [2.05, 4.69) is 29.6 Å². The van der Waals surface area contributed by atoms with Gasteiger partial charge in [-0.3, -0.25) is 4.79 Å². The lowest BCUT2D eigenvalue weighted by molar-refractivity contribution is 0.0958. The normalized spacial score (nSPS) is 15.6. The Labute approximate surface area is 135 Å². The van der Waals surface area contributed by atoms with Crippen LogP contribution in [0.3, 0.4) is 0 Å². The van der Waals surface area contributed by atoms with Gasteiger partial charge in [0.2, 0.25) is 0 Å². The summed E-state index contributed by atoms with van der Waals surface area (Å²) >= 11 is 0. The summed E-state index contributed by atoms with van der Waals surface area (Å²) in [6, 6.07) is 28.2. The number of carbonyl (C=O) groups excluding carboxylic acids is 1. The molecule has 0 aliphatic carbocycles. The average molecular weight is 299 g/mol. The fourth-order valence-corrected chi connectivity index (χ4v) is 3.41. The summed E-state index contributed by atoms with van der Waals surface area (Å²) in [6.45, 7) is 0. The molecule has 1 heterocycles. The number of para-hydroxylation sites is 1. The summed E-state index contributed by atoms with van der Waals surface area (Å²) in [7, 11) is 0. The molecule has 1 aliphatic rings. The third kappa shape index (κ3) is 2.23. The summed E-state index contributed by atoms with van der Waals surface area (Å²) in [5, 5.41) is 3.65. The van der Waals surface area contributed by atoms with Crippen LogP contribution >= 0.6 is 0 Å². The maximum absolute atomic E-state index is 12.8. The molecule has 0 aromatic heterocycles. The highest BCUT2D eigenvalue weighted by Gasteiger charge is 2.40. The maximum Gasteiger partial charge on any atom is 0.167 e. The minimum atomic E-state index is -0.520. The predicted molar refractivity (Wildman–Crippen MR) is 92.7 cm³/mol. The lowest BCUT2D eigenvalue weighted by atomic mass is 9.75. The van der Waals surface area contributed by atoms with Crippen LogP contribution in [-0.4, -0.2) is 5.78 Å². The number of carbonyl (C=O) groups is 1. The molecule has 0 amide bonds. The van der Waals surface area contributed by atoms with Gasteiger partial charge in [-0.2, -0.15) is 0 Å². The van der Waals surface area contributed by atoms with Crippen molar-refractivity contribution in [2.45, 2.75) is 12.0 Å². The van der Waals surface area contributed by atoms with Crippen molar-refractivity contribution in [3.63, 3.8) is 0 Å². The van der Waals surface area contributed by atoms with Crippen LogP contribution < -0.4 is 5.32 Å². The van der Waals surface area contributed by atoms with Crippen molar-refractivity contribution in [2.75, 3.05) is 5.32 Å². The van der Waals surface area contributed by atoms with Gasteiger partial charge < -0.3 is 5.32 Å². The van der Waals surface area contributed by atoms with E-state index in [-0.39, 0.29) is 5.78 Å². The van der Waals surface area contributed by atoms with Crippen LogP contribution in [0.1, 0.15) is 27.9 Å². The zero-order chi connectivity index (χ0) is 15.7. The summed E-state index contributed by atoms with van der Waals surface area (Å²) in [5.41, 5.74) is 3.36. The molecule has 2 nitrogen and oxygen atoms in total. The first-order valence-corrected chi connectivity index (χ1v) is 7.81. The van der Waals surface area contributed by atoms with Crippen molar-refractivity contribution in [3.8, 4) is 0 Å². The molecule has 0 fully saturated rings. The third-order valence-corrected chi connectivity index (χ3v) is 4.53. The zero-order valence-corrected chi connectivity index (χ0v) is 12.7. The first kappa shape index (κ1) is 13.8. The highest BCUT2D eigenvalue weighted by Crippen LogP contribution is 2.42. The molecule has 1 aliphatic heterocycles. The first-order valence-electron chi connectivity index (χ1n) is 7.81. The van der Waals surface area contributed by atoms with E-state index < -0.39 is 5.54 Å². The minimum absolute atomic E-state index is 0.173. The van der Waals surface area contributed by atoms with Gasteiger partial charge in [0.25, 0.3) is 0 Å². The molecule has 0 unspecified atom stereocenters. The fourth-order valence-electron chi connectivity index (χ4n) is 3.41. The average Bonchev–Trinajstić information content (AvgIpc) is 2.63. The van der Waals surface area contributed by atoms with Crippen LogP contribution in [0.25, 0.3) is 0 Å². The SMILES string of the molecule is O=C1CC(c2ccccc2)(c2ccccc2)Nc2ccccc21. The van der Waals surface area contributed by atoms with Crippen LogP contribution in [0, 0.1) is 0 Å². The smallest absolute Gasteiger partial charge is 0.167 e. The lowest BCUT2D eigenvalue weighted by Crippen LogP contribution is -2.42. The Morgan fingerprint density at radius 2 is 1.22 bits per heavy atom. The van der Waals surface area contributed by atoms with E-state index >= 15 is 0 Å². The van der Waals surface area contributed by atoms with E-state index in [1.807, 2.05) is 60.7 Å². The molecule has 23 heavy (non-hydrogen) atoms. The molecule has 0 bridgehead atoms. The van der Waals surface area contributed by atoms with Gasteiger partial charge in [-0.25, -0.2) is 0 Å². The lowest BCUT2D eigenvalue weighted by Gasteiger charge is -2.40. The van der Waals surface area contributed by atoms with E-state index in [0.29, 0.717) is 6.42 Å². The first-order chi connectivity index (χ1) is 11.3. The van der Waals surface area contributed by atoms with Gasteiger partial charge in [-0.15, -0.1) is 0 Å². The van der Waals surface area contributed by atoms with Gasteiger partial charge >= 0.3 is 0 Å². The van der Waals surface area contributed by atoms with Crippen LogP contribution in [0.2, 0.25) is 0 Å². The van der Waals surface area contributed by atoms with E-state index in [1.165, 1.54) is 0 Å². The van der Waals surface area contributed by atoms with Crippen molar-refractivity contribution < 1.29 is 4.79 Å². The van der Waals surface area contributed by atoms with Gasteiger partial charge in [-0.1, -0.05) is 72.8 Å². The zero-order valence-electron chi connectivity index (χ0n) is 12.7. The molecule has 3 aromatic carbocycles. The summed E-state index contributed by atoms with van der Waals surface area (Å²) < 4.78 is 0. The van der Waals surface area contributed by atoms with E-state index in [9.17, 15) is 4.79 Å². The number of fused-ring (bicyclic) bond motifs is 1. The Morgan fingerprint density at radius 3 is 1.83 bits per heavy atom. The molecule has 2 heteroatoms. The van der Waals surface area contributed by atoms with Crippen LogP contribution in [-0.2, 0) is 5.54 Å². The Morgan fingerprint density at radius 1 is 0.696 bits per heavy atom. The van der Waals surface area contributed by atoms with Crippen LogP contribution in [0.5, 0.6) is 0 Å². The molecule has 4 rings (SSSR count). The van der Waals surface area contributed by atoms with Gasteiger partial charge in [-0.05, 0) is 23.3 Å². The highest BCUT2D eigenvalue weighted by molar-refractivity contribution is 6.04. The summed E-state index contributed by atoms with van der Waals surface area (Å²) in [4.78, 5) is 12.8. The van der Waals surface area contributed by atoms with Gasteiger partial charge in [0.05, 0.1) is 5.54 Å². The van der Waals surface area contributed by atoms with Crippen LogP contribution in [0.4, 0.5) is 5.69 Å². The number of Topliss-reactive ketones (excluding diaryl/α,β-unsaturated/α-hetero) is 1. The second-order valence-corrected chi connectivity index (χ2v) is 5.91. The Bertz CT molecular complexity index is 800. The number of nitrogens with one attached hydrogen (secondary N) is 1. The number of hydrogen-bond donors (Lipinski definition) is 1. The van der Waals surface area contributed by atoms with Crippen LogP contribution in [0.15, 0.2) is 84.9 Å². The maximum atomic E-state index is 12.8. The summed E-state index contributed by atoms with van der Waals surface area (Å²) in [6.07, 6.45) is 0.415. The number of rotatable bonds is 2. The second kappa shape index (κ2) is 5.40. The van der Waals surface area contributed by atoms with Gasteiger partial charge in [0.1, 0.15) is 0 Å². The minimum Gasteiger partial charge on any atom is -0.371 e. The molecule has 3 aromatic rings. The molecule has 0 spiro atoms. The predicted octanol–water partition coefficient (Wildman–Crippen LogP) is 4.63. The molecular formula is C21H17NO. The number of ketones is 1. The molecular weight excluding hydrogens is 282 g/mol.